The number of amides is 1. The molecular formula is C16H19ClFN3O3S. The third kappa shape index (κ3) is 6.23. The molecule has 0 fully saturated rings. The molecule has 0 bridgehead atoms. The number of halogens is 2. The van der Waals surface area contributed by atoms with Crippen LogP contribution in [0.2, 0.25) is 5.02 Å². The van der Waals surface area contributed by atoms with Gasteiger partial charge < -0.3 is 4.74 Å². The lowest BCUT2D eigenvalue weighted by molar-refractivity contribution is -0.144. The molecule has 0 aromatic heterocycles. The molecular weight excluding hydrogens is 369 g/mol. The third-order valence-electron chi connectivity index (χ3n) is 3.04. The van der Waals surface area contributed by atoms with Gasteiger partial charge in [-0.3, -0.25) is 9.59 Å². The zero-order valence-electron chi connectivity index (χ0n) is 14.3. The Morgan fingerprint density at radius 3 is 2.52 bits per heavy atom. The number of hydrogen-bond donors (Lipinski definition) is 0. The molecule has 0 saturated heterocycles. The van der Waals surface area contributed by atoms with E-state index in [-0.39, 0.29) is 16.9 Å². The minimum absolute atomic E-state index is 0.0577. The van der Waals surface area contributed by atoms with Crippen LogP contribution < -0.4 is 0 Å². The number of carbonyl (C=O) groups excluding carboxylic acids is 2. The summed E-state index contributed by atoms with van der Waals surface area (Å²) < 4.78 is 19.1. The number of thioether (sulfide) groups is 1. The maximum absolute atomic E-state index is 13.9. The minimum Gasteiger partial charge on any atom is -0.465 e. The van der Waals surface area contributed by atoms with E-state index in [0.717, 1.165) is 17.8 Å². The first-order valence-corrected chi connectivity index (χ1v) is 8.84. The lowest BCUT2D eigenvalue weighted by atomic mass is 10.1. The van der Waals surface area contributed by atoms with Crippen LogP contribution in [0.15, 0.2) is 22.1 Å². The summed E-state index contributed by atoms with van der Waals surface area (Å²) in [6.45, 7) is 7.83. The molecule has 0 heterocycles. The fraction of sp³-hybridized carbons (Fsp3) is 0.500. The van der Waals surface area contributed by atoms with Gasteiger partial charge in [-0.05, 0) is 34.6 Å². The van der Waals surface area contributed by atoms with Crippen molar-refractivity contribution in [3.63, 3.8) is 0 Å². The maximum atomic E-state index is 13.9. The number of ether oxygens (including phenoxy) is 1. The molecule has 1 atom stereocenters. The van der Waals surface area contributed by atoms with Crippen LogP contribution in [-0.2, 0) is 9.53 Å². The van der Waals surface area contributed by atoms with Gasteiger partial charge in [-0.25, -0.2) is 4.39 Å². The molecule has 9 heteroatoms. The van der Waals surface area contributed by atoms with Crippen LogP contribution in [0, 0.1) is 17.7 Å². The normalized spacial score (nSPS) is 12.0. The predicted octanol–water partition coefficient (Wildman–Crippen LogP) is 5.25. The fourth-order valence-electron chi connectivity index (χ4n) is 1.80. The van der Waals surface area contributed by atoms with E-state index in [2.05, 4.69) is 10.0 Å². The number of rotatable bonds is 7. The molecule has 1 aromatic carbocycles. The highest BCUT2D eigenvalue weighted by molar-refractivity contribution is 8.00. The first-order chi connectivity index (χ1) is 11.7. The van der Waals surface area contributed by atoms with Crippen LogP contribution in [0.25, 0.3) is 10.4 Å². The Bertz CT molecular complexity index is 706. The van der Waals surface area contributed by atoms with Crippen LogP contribution in [0.5, 0.6) is 0 Å². The molecule has 6 nitrogen and oxygen atoms in total. The van der Waals surface area contributed by atoms with Crippen molar-refractivity contribution in [2.45, 2.75) is 37.8 Å². The maximum Gasteiger partial charge on any atom is 0.319 e. The summed E-state index contributed by atoms with van der Waals surface area (Å²) in [6.07, 6.45) is 0. The smallest absolute Gasteiger partial charge is 0.319 e. The number of carbonyl (C=O) groups is 2. The molecule has 1 rings (SSSR count). The van der Waals surface area contributed by atoms with Gasteiger partial charge in [0.2, 0.25) is 0 Å². The molecule has 1 aromatic rings. The van der Waals surface area contributed by atoms with Crippen molar-refractivity contribution in [1.82, 2.24) is 0 Å². The average Bonchev–Trinajstić information content (AvgIpc) is 2.51. The van der Waals surface area contributed by atoms with E-state index in [0.29, 0.717) is 11.5 Å². The van der Waals surface area contributed by atoms with Crippen LogP contribution in [0.4, 0.5) is 4.39 Å². The Morgan fingerprint density at radius 1 is 1.36 bits per heavy atom. The highest BCUT2D eigenvalue weighted by atomic mass is 35.5. The monoisotopic (exact) mass is 387 g/mol. The molecule has 0 saturated carbocycles. The number of hydrogen-bond acceptors (Lipinski definition) is 4. The van der Waals surface area contributed by atoms with Crippen molar-refractivity contribution in [2.24, 2.45) is 17.0 Å². The lowest BCUT2D eigenvalue weighted by Crippen LogP contribution is -2.26. The zero-order valence-corrected chi connectivity index (χ0v) is 15.9. The third-order valence-corrected chi connectivity index (χ3v) is 5.05. The van der Waals surface area contributed by atoms with Gasteiger partial charge in [0.05, 0.1) is 17.2 Å². The fourth-order valence-corrected chi connectivity index (χ4v) is 3.15. The standard InChI is InChI=1S/C16H19ClFN3O3S/c1-8(2)7-24-16(23)14(9(3)4)25-13-5-10(15(22)20-21-19)12(18)6-11(13)17/h5-6,8-9,14H,7H2,1-4H3. The molecule has 0 aliphatic carbocycles. The number of esters is 1. The molecule has 0 aliphatic heterocycles. The highest BCUT2D eigenvalue weighted by Gasteiger charge is 2.27. The Hall–Kier alpha value is -1.76. The van der Waals surface area contributed by atoms with Gasteiger partial charge in [-0.1, -0.05) is 39.3 Å². The first kappa shape index (κ1) is 21.3. The predicted molar refractivity (Wildman–Crippen MR) is 95.2 cm³/mol. The van der Waals surface area contributed by atoms with E-state index >= 15 is 0 Å². The van der Waals surface area contributed by atoms with Crippen molar-refractivity contribution < 1.29 is 18.7 Å². The van der Waals surface area contributed by atoms with Gasteiger partial charge in [0.15, 0.2) is 0 Å². The van der Waals surface area contributed by atoms with Gasteiger partial charge in [0.1, 0.15) is 11.1 Å². The van der Waals surface area contributed by atoms with Crippen molar-refractivity contribution >= 4 is 35.2 Å². The van der Waals surface area contributed by atoms with E-state index < -0.39 is 28.5 Å². The summed E-state index contributed by atoms with van der Waals surface area (Å²) in [7, 11) is 0. The summed E-state index contributed by atoms with van der Waals surface area (Å²) in [5, 5.41) is 2.36. The molecule has 0 N–H and O–H groups in total. The quantitative estimate of drug-likeness (QED) is 0.210. The van der Waals surface area contributed by atoms with Crippen molar-refractivity contribution in [3.05, 3.63) is 39.0 Å². The van der Waals surface area contributed by atoms with Crippen LogP contribution in [0.3, 0.4) is 0 Å². The summed E-state index contributed by atoms with van der Waals surface area (Å²) in [4.78, 5) is 26.6. The Labute approximate surface area is 154 Å². The second-order valence-corrected chi connectivity index (χ2v) is 7.65. The Kier molecular flexibility index (Phi) is 8.22. The lowest BCUT2D eigenvalue weighted by Gasteiger charge is -2.20. The molecule has 25 heavy (non-hydrogen) atoms. The van der Waals surface area contributed by atoms with Gasteiger partial charge in [-0.2, -0.15) is 0 Å². The van der Waals surface area contributed by atoms with Crippen LogP contribution in [-0.4, -0.2) is 23.7 Å². The summed E-state index contributed by atoms with van der Waals surface area (Å²) in [5.41, 5.74) is 7.93. The molecule has 0 aliphatic rings. The van der Waals surface area contributed by atoms with Crippen LogP contribution in [0.1, 0.15) is 38.1 Å². The van der Waals surface area contributed by atoms with Crippen molar-refractivity contribution in [1.29, 1.82) is 0 Å². The van der Waals surface area contributed by atoms with Gasteiger partial charge in [0, 0.05) is 9.81 Å². The summed E-state index contributed by atoms with van der Waals surface area (Å²) in [5.74, 6) is -2.24. The number of nitrogens with zero attached hydrogens (tertiary/aromatic N) is 3. The highest BCUT2D eigenvalue weighted by Crippen LogP contribution is 2.36. The van der Waals surface area contributed by atoms with Gasteiger partial charge in [-0.15, -0.1) is 11.8 Å². The van der Waals surface area contributed by atoms with E-state index in [1.165, 1.54) is 6.07 Å². The Balaban J connectivity index is 3.12. The zero-order chi connectivity index (χ0) is 19.1. The molecule has 0 radical (unpaired) electrons. The van der Waals surface area contributed by atoms with Crippen LogP contribution >= 0.6 is 23.4 Å². The number of azide groups is 1. The molecule has 136 valence electrons. The topological polar surface area (TPSA) is 92.1 Å². The summed E-state index contributed by atoms with van der Waals surface area (Å²) in [6, 6.07) is 2.14. The van der Waals surface area contributed by atoms with Gasteiger partial charge >= 0.3 is 5.97 Å². The molecule has 1 amide bonds. The second kappa shape index (κ2) is 9.65. The molecule has 1 unspecified atom stereocenters. The van der Waals surface area contributed by atoms with E-state index in [4.69, 9.17) is 21.9 Å². The Morgan fingerprint density at radius 2 is 2.00 bits per heavy atom. The average molecular weight is 388 g/mol. The van der Waals surface area contributed by atoms with E-state index in [9.17, 15) is 14.0 Å². The van der Waals surface area contributed by atoms with Crippen molar-refractivity contribution in [2.75, 3.05) is 6.61 Å². The van der Waals surface area contributed by atoms with Crippen molar-refractivity contribution in [3.8, 4) is 0 Å². The largest absolute Gasteiger partial charge is 0.465 e. The first-order valence-electron chi connectivity index (χ1n) is 7.59. The number of benzene rings is 1. The summed E-state index contributed by atoms with van der Waals surface area (Å²) >= 11 is 7.12. The van der Waals surface area contributed by atoms with E-state index in [1.54, 1.807) is 0 Å². The molecule has 0 spiro atoms. The minimum atomic E-state index is -1.05. The van der Waals surface area contributed by atoms with E-state index in [1.807, 2.05) is 27.7 Å². The SMILES string of the molecule is CC(C)COC(=O)C(Sc1cc(C(=O)N=[N+]=[N-])c(F)cc1Cl)C(C)C. The van der Waals surface area contributed by atoms with Gasteiger partial charge in [0.25, 0.3) is 5.91 Å². The second-order valence-electron chi connectivity index (χ2n) is 6.06.